The Morgan fingerprint density at radius 2 is 1.71 bits per heavy atom. The molecule has 1 aromatic carbocycles. The van der Waals surface area contributed by atoms with Crippen LogP contribution >= 0.6 is 0 Å². The van der Waals surface area contributed by atoms with Gasteiger partial charge in [0, 0.05) is 31.9 Å². The first-order valence-electron chi connectivity index (χ1n) is 8.19. The second-order valence-corrected chi connectivity index (χ2v) is 5.99. The smallest absolute Gasteiger partial charge is 0.246 e. The van der Waals surface area contributed by atoms with Gasteiger partial charge in [-0.05, 0) is 50.4 Å². The van der Waals surface area contributed by atoms with Gasteiger partial charge in [-0.25, -0.2) is 0 Å². The fourth-order valence-corrected chi connectivity index (χ4v) is 2.42. The number of carbonyl (C=O) groups excluding carboxylic acids is 1. The van der Waals surface area contributed by atoms with E-state index in [2.05, 4.69) is 48.2 Å². The predicted octanol–water partition coefficient (Wildman–Crippen LogP) is 3.21. The quantitative estimate of drug-likeness (QED) is 0.734. The Bertz CT molecular complexity index is 663. The standard InChI is InChI=1S/C20H25N3O/c1-4-23(20(24)13-12-19-7-5-6-14-21-19)16-18-10-8-17(9-11-18)15-22(2)3/h5-14H,4,15-16H2,1-3H3. The van der Waals surface area contributed by atoms with Crippen LogP contribution in [-0.2, 0) is 17.9 Å². The van der Waals surface area contributed by atoms with Crippen molar-refractivity contribution in [3.05, 3.63) is 71.6 Å². The molecule has 0 saturated carbocycles. The highest BCUT2D eigenvalue weighted by Gasteiger charge is 2.09. The van der Waals surface area contributed by atoms with Crippen LogP contribution in [0.1, 0.15) is 23.7 Å². The Labute approximate surface area is 144 Å². The van der Waals surface area contributed by atoms with Crippen molar-refractivity contribution in [2.45, 2.75) is 20.0 Å². The predicted molar refractivity (Wildman–Crippen MR) is 98.2 cm³/mol. The van der Waals surface area contributed by atoms with Gasteiger partial charge in [-0.15, -0.1) is 0 Å². The molecule has 0 aliphatic carbocycles. The molecule has 2 aromatic rings. The van der Waals surface area contributed by atoms with Crippen molar-refractivity contribution in [2.24, 2.45) is 0 Å². The molecule has 0 fully saturated rings. The summed E-state index contributed by atoms with van der Waals surface area (Å²) in [5.41, 5.74) is 3.20. The zero-order chi connectivity index (χ0) is 17.4. The summed E-state index contributed by atoms with van der Waals surface area (Å²) in [5, 5.41) is 0. The summed E-state index contributed by atoms with van der Waals surface area (Å²) >= 11 is 0. The van der Waals surface area contributed by atoms with Gasteiger partial charge in [-0.3, -0.25) is 9.78 Å². The number of nitrogens with zero attached hydrogens (tertiary/aromatic N) is 3. The lowest BCUT2D eigenvalue weighted by Crippen LogP contribution is -2.28. The third kappa shape index (κ3) is 5.63. The third-order valence-electron chi connectivity index (χ3n) is 3.67. The molecule has 0 atom stereocenters. The van der Waals surface area contributed by atoms with E-state index in [1.807, 2.05) is 30.0 Å². The van der Waals surface area contributed by atoms with Crippen molar-refractivity contribution in [3.63, 3.8) is 0 Å². The van der Waals surface area contributed by atoms with E-state index in [0.29, 0.717) is 13.1 Å². The Kier molecular flexibility index (Phi) is 6.70. The number of aromatic nitrogens is 1. The van der Waals surface area contributed by atoms with Gasteiger partial charge in [-0.1, -0.05) is 30.3 Å². The Hall–Kier alpha value is -2.46. The average molecular weight is 323 g/mol. The molecule has 126 valence electrons. The van der Waals surface area contributed by atoms with E-state index in [1.165, 1.54) is 5.56 Å². The number of carbonyl (C=O) groups is 1. The van der Waals surface area contributed by atoms with E-state index in [9.17, 15) is 4.79 Å². The van der Waals surface area contributed by atoms with Crippen LogP contribution in [0.25, 0.3) is 6.08 Å². The molecule has 1 aromatic heterocycles. The second kappa shape index (κ2) is 8.99. The molecule has 1 heterocycles. The van der Waals surface area contributed by atoms with Gasteiger partial charge in [0.15, 0.2) is 0 Å². The van der Waals surface area contributed by atoms with Crippen molar-refractivity contribution in [1.29, 1.82) is 0 Å². The van der Waals surface area contributed by atoms with Gasteiger partial charge in [0.25, 0.3) is 0 Å². The Morgan fingerprint density at radius 3 is 2.25 bits per heavy atom. The molecule has 0 aliphatic heterocycles. The molecule has 4 heteroatoms. The largest absolute Gasteiger partial charge is 0.335 e. The summed E-state index contributed by atoms with van der Waals surface area (Å²) in [6.45, 7) is 4.20. The van der Waals surface area contributed by atoms with Crippen LogP contribution in [-0.4, -0.2) is 41.3 Å². The fourth-order valence-electron chi connectivity index (χ4n) is 2.42. The molecule has 24 heavy (non-hydrogen) atoms. The summed E-state index contributed by atoms with van der Waals surface area (Å²) in [6, 6.07) is 14.1. The number of hydrogen-bond acceptors (Lipinski definition) is 3. The van der Waals surface area contributed by atoms with Crippen molar-refractivity contribution >= 4 is 12.0 Å². The van der Waals surface area contributed by atoms with E-state index in [1.54, 1.807) is 18.3 Å². The van der Waals surface area contributed by atoms with Crippen LogP contribution in [0.15, 0.2) is 54.7 Å². The van der Waals surface area contributed by atoms with Gasteiger partial charge in [-0.2, -0.15) is 0 Å². The van der Waals surface area contributed by atoms with Gasteiger partial charge in [0.05, 0.1) is 5.69 Å². The van der Waals surface area contributed by atoms with Crippen LogP contribution in [0, 0.1) is 0 Å². The summed E-state index contributed by atoms with van der Waals surface area (Å²) in [7, 11) is 4.11. The minimum absolute atomic E-state index is 0.000483. The maximum Gasteiger partial charge on any atom is 0.246 e. The number of amides is 1. The average Bonchev–Trinajstić information content (AvgIpc) is 2.59. The molecule has 0 aliphatic rings. The summed E-state index contributed by atoms with van der Waals surface area (Å²) < 4.78 is 0. The Balaban J connectivity index is 1.98. The van der Waals surface area contributed by atoms with Gasteiger partial charge in [0.1, 0.15) is 0 Å². The van der Waals surface area contributed by atoms with Crippen LogP contribution in [0.5, 0.6) is 0 Å². The first-order valence-corrected chi connectivity index (χ1v) is 8.19. The minimum atomic E-state index is 0.000483. The van der Waals surface area contributed by atoms with Gasteiger partial charge >= 0.3 is 0 Å². The normalized spacial score (nSPS) is 11.2. The summed E-state index contributed by atoms with van der Waals surface area (Å²) in [4.78, 5) is 20.5. The number of benzene rings is 1. The highest BCUT2D eigenvalue weighted by Crippen LogP contribution is 2.10. The van der Waals surface area contributed by atoms with E-state index in [0.717, 1.165) is 17.8 Å². The molecule has 0 saturated heterocycles. The van der Waals surface area contributed by atoms with Crippen LogP contribution in [0.2, 0.25) is 0 Å². The molecule has 2 rings (SSSR count). The zero-order valence-corrected chi connectivity index (χ0v) is 14.6. The first kappa shape index (κ1) is 17.9. The van der Waals surface area contributed by atoms with Crippen molar-refractivity contribution in [1.82, 2.24) is 14.8 Å². The summed E-state index contributed by atoms with van der Waals surface area (Å²) in [5.74, 6) is 0.000483. The Morgan fingerprint density at radius 1 is 1.04 bits per heavy atom. The van der Waals surface area contributed by atoms with Crippen molar-refractivity contribution in [2.75, 3.05) is 20.6 Å². The SMILES string of the molecule is CCN(Cc1ccc(CN(C)C)cc1)C(=O)C=Cc1ccccn1. The van der Waals surface area contributed by atoms with Gasteiger partial charge < -0.3 is 9.80 Å². The third-order valence-corrected chi connectivity index (χ3v) is 3.67. The molecule has 0 spiro atoms. The second-order valence-electron chi connectivity index (χ2n) is 5.99. The molecule has 0 unspecified atom stereocenters. The van der Waals surface area contributed by atoms with Crippen LogP contribution in [0.3, 0.4) is 0 Å². The maximum absolute atomic E-state index is 12.4. The first-order chi connectivity index (χ1) is 11.6. The molecule has 0 N–H and O–H groups in total. The molecular weight excluding hydrogens is 298 g/mol. The number of rotatable bonds is 7. The fraction of sp³-hybridized carbons (Fsp3) is 0.300. The van der Waals surface area contributed by atoms with E-state index in [-0.39, 0.29) is 5.91 Å². The lowest BCUT2D eigenvalue weighted by molar-refractivity contribution is -0.126. The van der Waals surface area contributed by atoms with E-state index < -0.39 is 0 Å². The van der Waals surface area contributed by atoms with Gasteiger partial charge in [0.2, 0.25) is 5.91 Å². The monoisotopic (exact) mass is 323 g/mol. The van der Waals surface area contributed by atoms with Crippen molar-refractivity contribution < 1.29 is 4.79 Å². The van der Waals surface area contributed by atoms with E-state index in [4.69, 9.17) is 0 Å². The maximum atomic E-state index is 12.4. The molecule has 1 amide bonds. The number of hydrogen-bond donors (Lipinski definition) is 0. The van der Waals surface area contributed by atoms with Crippen LogP contribution in [0.4, 0.5) is 0 Å². The number of likely N-dealkylation sites (N-methyl/N-ethyl adjacent to an activating group) is 1. The van der Waals surface area contributed by atoms with E-state index >= 15 is 0 Å². The molecular formula is C20H25N3O. The molecule has 0 radical (unpaired) electrons. The molecule has 4 nitrogen and oxygen atoms in total. The van der Waals surface area contributed by atoms with Crippen LogP contribution < -0.4 is 0 Å². The highest BCUT2D eigenvalue weighted by atomic mass is 16.2. The lowest BCUT2D eigenvalue weighted by Gasteiger charge is -2.19. The summed E-state index contributed by atoms with van der Waals surface area (Å²) in [6.07, 6.45) is 5.06. The number of pyridine rings is 1. The zero-order valence-electron chi connectivity index (χ0n) is 14.6. The lowest BCUT2D eigenvalue weighted by atomic mass is 10.1. The highest BCUT2D eigenvalue weighted by molar-refractivity contribution is 5.91. The molecule has 0 bridgehead atoms. The topological polar surface area (TPSA) is 36.4 Å². The minimum Gasteiger partial charge on any atom is -0.335 e. The van der Waals surface area contributed by atoms with Crippen molar-refractivity contribution in [3.8, 4) is 0 Å².